The van der Waals surface area contributed by atoms with E-state index in [1.807, 2.05) is 0 Å². The summed E-state index contributed by atoms with van der Waals surface area (Å²) in [5.74, 6) is -0.129. The number of nitrogens with zero attached hydrogens (tertiary/aromatic N) is 1. The monoisotopic (exact) mass is 254 g/mol. The van der Waals surface area contributed by atoms with Gasteiger partial charge in [-0.3, -0.25) is 9.78 Å². The van der Waals surface area contributed by atoms with Crippen LogP contribution in [-0.2, 0) is 0 Å². The van der Waals surface area contributed by atoms with Crippen LogP contribution in [0.15, 0.2) is 29.4 Å². The fraction of sp³-hybridized carbons (Fsp3) is 0.200. The Labute approximate surface area is 91.4 Å². The zero-order valence-corrected chi connectivity index (χ0v) is 9.47. The second-order valence-electron chi connectivity index (χ2n) is 2.84. The van der Waals surface area contributed by atoms with Gasteiger partial charge in [0.25, 0.3) is 5.91 Å². The fourth-order valence-electron chi connectivity index (χ4n) is 0.996. The minimum absolute atomic E-state index is 0.129. The molecule has 3 nitrogen and oxygen atoms in total. The van der Waals surface area contributed by atoms with Crippen molar-refractivity contribution in [3.8, 4) is 0 Å². The molecule has 0 radical (unpaired) electrons. The number of hydrogen-bond donors (Lipinski definition) is 1. The zero-order chi connectivity index (χ0) is 10.6. The van der Waals surface area contributed by atoms with Crippen LogP contribution in [0.5, 0.6) is 0 Å². The molecule has 1 aromatic rings. The third-order valence-electron chi connectivity index (χ3n) is 1.69. The zero-order valence-electron chi connectivity index (χ0n) is 7.88. The molecule has 0 spiro atoms. The lowest BCUT2D eigenvalue weighted by molar-refractivity contribution is 0.0957. The summed E-state index contributed by atoms with van der Waals surface area (Å²) in [6, 6.07) is 3.49. The third-order valence-corrected chi connectivity index (χ3v) is 1.97. The second kappa shape index (κ2) is 4.91. The molecule has 0 aliphatic rings. The first-order valence-electron chi connectivity index (χ1n) is 4.14. The summed E-state index contributed by atoms with van der Waals surface area (Å²) in [7, 11) is 0. The Kier molecular flexibility index (Phi) is 3.83. The van der Waals surface area contributed by atoms with Crippen LogP contribution in [0.2, 0.25) is 0 Å². The average molecular weight is 255 g/mol. The second-order valence-corrected chi connectivity index (χ2v) is 3.96. The van der Waals surface area contributed by atoms with Crippen LogP contribution in [0.4, 0.5) is 0 Å². The highest BCUT2D eigenvalue weighted by Crippen LogP contribution is 2.04. The van der Waals surface area contributed by atoms with Crippen molar-refractivity contribution in [3.63, 3.8) is 0 Å². The number of carbonyl (C=O) groups is 1. The quantitative estimate of drug-likeness (QED) is 0.897. The Morgan fingerprint density at radius 2 is 2.43 bits per heavy atom. The van der Waals surface area contributed by atoms with Crippen molar-refractivity contribution in [1.82, 2.24) is 10.3 Å². The standard InChI is InChI=1S/C10H11BrN2O/c1-7(11)6-13-10(14)9-4-3-5-12-8(9)2/h3-5H,1,6H2,2H3,(H,13,14). The number of amides is 1. The molecular formula is C10H11BrN2O. The first-order valence-corrected chi connectivity index (χ1v) is 4.93. The van der Waals surface area contributed by atoms with E-state index in [1.165, 1.54) is 0 Å². The van der Waals surface area contributed by atoms with E-state index in [0.717, 1.165) is 10.2 Å². The Hall–Kier alpha value is -1.16. The Morgan fingerprint density at radius 1 is 1.71 bits per heavy atom. The van der Waals surface area contributed by atoms with E-state index < -0.39 is 0 Å². The lowest BCUT2D eigenvalue weighted by Crippen LogP contribution is -2.25. The predicted molar refractivity (Wildman–Crippen MR) is 59.4 cm³/mol. The maximum Gasteiger partial charge on any atom is 0.253 e. The largest absolute Gasteiger partial charge is 0.347 e. The van der Waals surface area contributed by atoms with Gasteiger partial charge in [-0.15, -0.1) is 0 Å². The first kappa shape index (κ1) is 10.9. The van der Waals surface area contributed by atoms with Crippen molar-refractivity contribution in [3.05, 3.63) is 40.6 Å². The van der Waals surface area contributed by atoms with Gasteiger partial charge in [-0.25, -0.2) is 0 Å². The molecule has 1 aromatic heterocycles. The molecule has 0 aliphatic carbocycles. The summed E-state index contributed by atoms with van der Waals surface area (Å²) in [5, 5.41) is 2.71. The molecule has 0 saturated carbocycles. The van der Waals surface area contributed by atoms with Crippen molar-refractivity contribution in [2.45, 2.75) is 6.92 Å². The van der Waals surface area contributed by atoms with Crippen molar-refractivity contribution in [2.24, 2.45) is 0 Å². The molecule has 1 N–H and O–H groups in total. The van der Waals surface area contributed by atoms with Crippen molar-refractivity contribution >= 4 is 21.8 Å². The van der Waals surface area contributed by atoms with Gasteiger partial charge in [0.15, 0.2) is 0 Å². The van der Waals surface area contributed by atoms with Crippen molar-refractivity contribution < 1.29 is 4.79 Å². The van der Waals surface area contributed by atoms with Gasteiger partial charge in [-0.1, -0.05) is 22.5 Å². The molecule has 0 saturated heterocycles. The van der Waals surface area contributed by atoms with Crippen LogP contribution < -0.4 is 5.32 Å². The average Bonchev–Trinajstić information content (AvgIpc) is 2.15. The summed E-state index contributed by atoms with van der Waals surface area (Å²) in [6.45, 7) is 5.86. The highest BCUT2D eigenvalue weighted by atomic mass is 79.9. The number of rotatable bonds is 3. The van der Waals surface area contributed by atoms with E-state index in [9.17, 15) is 4.79 Å². The molecule has 0 bridgehead atoms. The number of nitrogens with one attached hydrogen (secondary N) is 1. The van der Waals surface area contributed by atoms with Gasteiger partial charge in [-0.05, 0) is 19.1 Å². The van der Waals surface area contributed by atoms with Gasteiger partial charge in [0, 0.05) is 22.9 Å². The maximum atomic E-state index is 11.6. The number of hydrogen-bond acceptors (Lipinski definition) is 2. The van der Waals surface area contributed by atoms with E-state index in [-0.39, 0.29) is 5.91 Å². The molecule has 14 heavy (non-hydrogen) atoms. The molecule has 1 heterocycles. The number of aryl methyl sites for hydroxylation is 1. The summed E-state index contributed by atoms with van der Waals surface area (Å²) < 4.78 is 0.743. The van der Waals surface area contributed by atoms with E-state index in [4.69, 9.17) is 0 Å². The first-order chi connectivity index (χ1) is 6.61. The lowest BCUT2D eigenvalue weighted by atomic mass is 10.2. The number of halogens is 1. The third kappa shape index (κ3) is 2.96. The van der Waals surface area contributed by atoms with Gasteiger partial charge in [0.05, 0.1) is 5.56 Å². The normalized spacial score (nSPS) is 9.57. The van der Waals surface area contributed by atoms with Crippen LogP contribution in [0, 0.1) is 6.92 Å². The summed E-state index contributed by atoms with van der Waals surface area (Å²) in [6.07, 6.45) is 1.66. The molecule has 1 rings (SSSR count). The van der Waals surface area contributed by atoms with Gasteiger partial charge < -0.3 is 5.32 Å². The molecule has 0 atom stereocenters. The smallest absolute Gasteiger partial charge is 0.253 e. The van der Waals surface area contributed by atoms with Gasteiger partial charge in [0.1, 0.15) is 0 Å². The minimum Gasteiger partial charge on any atom is -0.347 e. The topological polar surface area (TPSA) is 42.0 Å². The van der Waals surface area contributed by atoms with Crippen LogP contribution in [0.3, 0.4) is 0 Å². The molecule has 0 fully saturated rings. The minimum atomic E-state index is -0.129. The summed E-state index contributed by atoms with van der Waals surface area (Å²) in [5.41, 5.74) is 1.33. The SMILES string of the molecule is C=C(Br)CNC(=O)c1cccnc1C. The van der Waals surface area contributed by atoms with Gasteiger partial charge in [-0.2, -0.15) is 0 Å². The molecule has 0 aliphatic heterocycles. The lowest BCUT2D eigenvalue weighted by Gasteiger charge is -2.05. The van der Waals surface area contributed by atoms with Crippen LogP contribution in [-0.4, -0.2) is 17.4 Å². The molecule has 0 unspecified atom stereocenters. The van der Waals surface area contributed by atoms with Crippen molar-refractivity contribution in [1.29, 1.82) is 0 Å². The molecular weight excluding hydrogens is 244 g/mol. The Balaban J connectivity index is 2.70. The Morgan fingerprint density at radius 3 is 3.00 bits per heavy atom. The van der Waals surface area contributed by atoms with Gasteiger partial charge >= 0.3 is 0 Å². The number of pyridine rings is 1. The van der Waals surface area contributed by atoms with Crippen LogP contribution in [0.1, 0.15) is 16.1 Å². The fourth-order valence-corrected chi connectivity index (χ4v) is 1.14. The highest BCUT2D eigenvalue weighted by molar-refractivity contribution is 9.11. The van der Waals surface area contributed by atoms with Gasteiger partial charge in [0.2, 0.25) is 0 Å². The number of aromatic nitrogens is 1. The van der Waals surface area contributed by atoms with E-state index in [0.29, 0.717) is 12.1 Å². The maximum absolute atomic E-state index is 11.6. The molecule has 1 amide bonds. The predicted octanol–water partition coefficient (Wildman–Crippen LogP) is 2.03. The van der Waals surface area contributed by atoms with E-state index >= 15 is 0 Å². The molecule has 0 aromatic carbocycles. The van der Waals surface area contributed by atoms with E-state index in [1.54, 1.807) is 25.3 Å². The highest BCUT2D eigenvalue weighted by Gasteiger charge is 2.07. The number of carbonyl (C=O) groups excluding carboxylic acids is 1. The van der Waals surface area contributed by atoms with E-state index in [2.05, 4.69) is 32.8 Å². The summed E-state index contributed by atoms with van der Waals surface area (Å²) in [4.78, 5) is 15.6. The molecule has 74 valence electrons. The Bertz CT molecular complexity index is 363. The van der Waals surface area contributed by atoms with Crippen LogP contribution >= 0.6 is 15.9 Å². The summed E-state index contributed by atoms with van der Waals surface area (Å²) >= 11 is 3.17. The van der Waals surface area contributed by atoms with Crippen LogP contribution in [0.25, 0.3) is 0 Å². The van der Waals surface area contributed by atoms with Crippen molar-refractivity contribution in [2.75, 3.05) is 6.54 Å². The molecule has 4 heteroatoms.